The van der Waals surface area contributed by atoms with Crippen LogP contribution in [0.2, 0.25) is 0 Å². The Kier molecular flexibility index (Phi) is 17.6. The van der Waals surface area contributed by atoms with Gasteiger partial charge in [-0.05, 0) is 81.1 Å². The van der Waals surface area contributed by atoms with Crippen LogP contribution in [0.25, 0.3) is 11.3 Å². The minimum atomic E-state index is -4.86. The van der Waals surface area contributed by atoms with Gasteiger partial charge in [0.05, 0.1) is 30.9 Å². The number of methoxy groups -OCH3 is 1. The highest BCUT2D eigenvalue weighted by molar-refractivity contribution is 5.93. The van der Waals surface area contributed by atoms with Crippen molar-refractivity contribution >= 4 is 17.9 Å². The van der Waals surface area contributed by atoms with E-state index in [0.717, 1.165) is 12.8 Å². The normalized spacial score (nSPS) is 14.2. The predicted molar refractivity (Wildman–Crippen MR) is 187 cm³/mol. The number of piperidine rings is 1. The number of carbonyl (C=O) groups is 2. The molecule has 11 nitrogen and oxygen atoms in total. The maximum Gasteiger partial charge on any atom is 0.573 e. The third-order valence-electron chi connectivity index (χ3n) is 7.38. The highest BCUT2D eigenvalue weighted by Gasteiger charge is 2.36. The van der Waals surface area contributed by atoms with Gasteiger partial charge in [0.15, 0.2) is 0 Å². The molecular formula is C37H47F3N4O7. The van der Waals surface area contributed by atoms with Crippen LogP contribution in [0, 0.1) is 11.8 Å². The molecule has 2 N–H and O–H groups in total. The lowest BCUT2D eigenvalue weighted by Crippen LogP contribution is -2.44. The summed E-state index contributed by atoms with van der Waals surface area (Å²) in [6.45, 7) is 12.7. The number of carbonyl (C=O) groups excluding carboxylic acids is 2. The fraction of sp³-hybridized carbons (Fsp3) is 0.459. The zero-order valence-electron chi connectivity index (χ0n) is 30.1. The average Bonchev–Trinajstić information content (AvgIpc) is 3.92. The molecule has 0 atom stereocenters. The lowest BCUT2D eigenvalue weighted by molar-refractivity contribution is -0.274. The van der Waals surface area contributed by atoms with Crippen molar-refractivity contribution in [3.8, 4) is 28.8 Å². The molecule has 0 radical (unpaired) electrons. The molecule has 1 saturated heterocycles. The quantitative estimate of drug-likeness (QED) is 0.0578. The molecule has 1 aliphatic heterocycles. The third-order valence-corrected chi connectivity index (χ3v) is 7.38. The first-order chi connectivity index (χ1) is 24.5. The topological polar surface area (TPSA) is 139 Å². The Hall–Kier alpha value is -5.03. The maximum atomic E-state index is 13.0. The predicted octanol–water partition coefficient (Wildman–Crippen LogP) is 8.05. The Morgan fingerprint density at radius 1 is 0.941 bits per heavy atom. The van der Waals surface area contributed by atoms with Crippen LogP contribution in [0.15, 0.2) is 58.2 Å². The second-order valence-corrected chi connectivity index (χ2v) is 10.6. The Morgan fingerprint density at radius 3 is 2.04 bits per heavy atom. The molecule has 1 aliphatic carbocycles. The molecule has 0 spiro atoms. The second kappa shape index (κ2) is 21.2. The SMILES string of the molecule is CC.CC.CC#CC.COC(=O)c1ccc(C(=O)O/N=C(\N)N2CCC(OCc3c(-c4ccccc4OC(F)(F)F)noc3C3CC3)CC2)cc1. The monoisotopic (exact) mass is 716 g/mol. The standard InChI is InChI=1S/C29H29F3N4O7.C4H6.2C2H6/c1-39-26(37)18-8-10-19(11-9-18)27(38)43-35-28(33)36-14-12-20(13-15-36)40-16-22-24(34-42-25(22)17-6-7-17)21-4-2-3-5-23(21)41-29(30,31)32;1-3-4-2;2*1-2/h2-5,8-11,17,20H,6-7,12-16H2,1H3,(H2,33,35);1-2H3;2*1-2H3. The number of halogens is 3. The van der Waals surface area contributed by atoms with Gasteiger partial charge in [0.1, 0.15) is 17.2 Å². The molecule has 2 fully saturated rings. The van der Waals surface area contributed by atoms with Gasteiger partial charge in [-0.2, -0.15) is 0 Å². The molecule has 51 heavy (non-hydrogen) atoms. The fourth-order valence-corrected chi connectivity index (χ4v) is 4.73. The summed E-state index contributed by atoms with van der Waals surface area (Å²) in [5.74, 6) is 4.52. The second-order valence-electron chi connectivity index (χ2n) is 10.6. The molecule has 14 heteroatoms. The van der Waals surface area contributed by atoms with Crippen LogP contribution in [0.3, 0.4) is 0 Å². The van der Waals surface area contributed by atoms with Crippen molar-refractivity contribution in [1.82, 2.24) is 10.1 Å². The molecule has 0 amide bonds. The van der Waals surface area contributed by atoms with Crippen LogP contribution in [0.4, 0.5) is 13.2 Å². The van der Waals surface area contributed by atoms with Crippen molar-refractivity contribution in [3.63, 3.8) is 0 Å². The molecule has 0 unspecified atom stereocenters. The number of hydrogen-bond acceptors (Lipinski definition) is 9. The van der Waals surface area contributed by atoms with E-state index >= 15 is 0 Å². The molecule has 0 bridgehead atoms. The summed E-state index contributed by atoms with van der Waals surface area (Å²) in [4.78, 5) is 30.6. The number of para-hydroxylation sites is 1. The largest absolute Gasteiger partial charge is 0.573 e. The molecule has 1 saturated carbocycles. The summed E-state index contributed by atoms with van der Waals surface area (Å²) in [6.07, 6.45) is -2.06. The van der Waals surface area contributed by atoms with Gasteiger partial charge in [-0.25, -0.2) is 9.59 Å². The zero-order valence-corrected chi connectivity index (χ0v) is 30.1. The van der Waals surface area contributed by atoms with Gasteiger partial charge in [0, 0.05) is 30.1 Å². The van der Waals surface area contributed by atoms with E-state index in [-0.39, 0.29) is 52.7 Å². The number of hydrogen-bond donors (Lipinski definition) is 1. The molecule has 1 aromatic heterocycles. The first-order valence-electron chi connectivity index (χ1n) is 16.8. The lowest BCUT2D eigenvalue weighted by atomic mass is 10.0. The van der Waals surface area contributed by atoms with Crippen LogP contribution >= 0.6 is 0 Å². The van der Waals surface area contributed by atoms with E-state index in [9.17, 15) is 22.8 Å². The summed E-state index contributed by atoms with van der Waals surface area (Å²) in [7, 11) is 1.26. The number of rotatable bonds is 9. The summed E-state index contributed by atoms with van der Waals surface area (Å²) in [6, 6.07) is 11.5. The Balaban J connectivity index is 0.00000104. The first kappa shape index (κ1) is 42.1. The van der Waals surface area contributed by atoms with Crippen LogP contribution < -0.4 is 10.5 Å². The van der Waals surface area contributed by atoms with E-state index in [0.29, 0.717) is 37.3 Å². The zero-order chi connectivity index (χ0) is 38.0. The molecule has 2 aliphatic rings. The Bertz CT molecular complexity index is 1610. The Morgan fingerprint density at radius 2 is 1.51 bits per heavy atom. The van der Waals surface area contributed by atoms with Crippen molar-refractivity contribution in [2.24, 2.45) is 10.9 Å². The molecule has 2 aromatic carbocycles. The lowest BCUT2D eigenvalue weighted by Gasteiger charge is -2.32. The summed E-state index contributed by atoms with van der Waals surface area (Å²) < 4.78 is 59.7. The van der Waals surface area contributed by atoms with Crippen molar-refractivity contribution in [3.05, 3.63) is 71.0 Å². The number of nitrogens with zero attached hydrogens (tertiary/aromatic N) is 3. The summed E-state index contributed by atoms with van der Waals surface area (Å²) >= 11 is 0. The Labute approximate surface area is 297 Å². The molecular weight excluding hydrogens is 669 g/mol. The van der Waals surface area contributed by atoms with Crippen molar-refractivity contribution < 1.29 is 46.3 Å². The average molecular weight is 717 g/mol. The van der Waals surface area contributed by atoms with E-state index < -0.39 is 18.3 Å². The van der Waals surface area contributed by atoms with Crippen molar-refractivity contribution in [2.75, 3.05) is 20.2 Å². The van der Waals surface area contributed by atoms with E-state index in [1.165, 1.54) is 49.6 Å². The molecule has 3 aromatic rings. The number of aromatic nitrogens is 1. The minimum absolute atomic E-state index is 0.0246. The van der Waals surface area contributed by atoms with Crippen LogP contribution in [0.5, 0.6) is 5.75 Å². The van der Waals surface area contributed by atoms with Gasteiger partial charge in [-0.3, -0.25) is 0 Å². The highest BCUT2D eigenvalue weighted by atomic mass is 19.4. The van der Waals surface area contributed by atoms with Crippen molar-refractivity contribution in [1.29, 1.82) is 0 Å². The van der Waals surface area contributed by atoms with Gasteiger partial charge in [-0.15, -0.1) is 25.0 Å². The van der Waals surface area contributed by atoms with Gasteiger partial charge in [-0.1, -0.05) is 45.0 Å². The third kappa shape index (κ3) is 13.0. The van der Waals surface area contributed by atoms with E-state index in [2.05, 4.69) is 31.6 Å². The number of alkyl halides is 3. The molecule has 5 rings (SSSR count). The van der Waals surface area contributed by atoms with E-state index in [1.54, 1.807) is 11.0 Å². The molecule has 2 heterocycles. The van der Waals surface area contributed by atoms with Crippen LogP contribution in [-0.4, -0.2) is 60.6 Å². The number of ether oxygens (including phenoxy) is 3. The summed E-state index contributed by atoms with van der Waals surface area (Å²) in [5, 5.41) is 7.86. The van der Waals surface area contributed by atoms with E-state index in [1.807, 2.05) is 41.5 Å². The van der Waals surface area contributed by atoms with Crippen LogP contribution in [0.1, 0.15) is 105 Å². The first-order valence-corrected chi connectivity index (χ1v) is 16.8. The number of oxime groups is 1. The van der Waals surface area contributed by atoms with Gasteiger partial charge in [0.2, 0.25) is 5.96 Å². The number of esters is 1. The van der Waals surface area contributed by atoms with Gasteiger partial charge >= 0.3 is 18.3 Å². The van der Waals surface area contributed by atoms with Crippen molar-refractivity contribution in [2.45, 2.75) is 92.2 Å². The summed E-state index contributed by atoms with van der Waals surface area (Å²) in [5.41, 5.74) is 7.55. The number of likely N-dealkylation sites (tertiary alicyclic amines) is 1. The number of nitrogens with two attached hydrogens (primary N) is 1. The highest BCUT2D eigenvalue weighted by Crippen LogP contribution is 2.45. The van der Waals surface area contributed by atoms with Gasteiger partial charge < -0.3 is 34.2 Å². The van der Waals surface area contributed by atoms with Gasteiger partial charge in [0.25, 0.3) is 0 Å². The minimum Gasteiger partial charge on any atom is -0.465 e. The van der Waals surface area contributed by atoms with E-state index in [4.69, 9.17) is 19.8 Å². The number of benzene rings is 2. The number of guanidine groups is 1. The smallest absolute Gasteiger partial charge is 0.465 e. The van der Waals surface area contributed by atoms with Crippen LogP contribution in [-0.2, 0) is 20.9 Å². The molecule has 278 valence electrons. The fourth-order valence-electron chi connectivity index (χ4n) is 4.73. The maximum absolute atomic E-state index is 13.0.